The van der Waals surface area contributed by atoms with Crippen LogP contribution in [-0.4, -0.2) is 63.7 Å². The summed E-state index contributed by atoms with van der Waals surface area (Å²) < 4.78 is 1.48. The van der Waals surface area contributed by atoms with Gasteiger partial charge in [0.25, 0.3) is 0 Å². The SMILES string of the molecule is NCC[N+]1=C[N+](CC(=O)O)(CC(=O)O)C=C1. The highest BCUT2D eigenvalue weighted by molar-refractivity contribution is 5.73. The lowest BCUT2D eigenvalue weighted by Crippen LogP contribution is -2.48. The zero-order chi connectivity index (χ0) is 12.2. The first-order valence-corrected chi connectivity index (χ1v) is 4.79. The molecular weight excluding hydrogens is 214 g/mol. The van der Waals surface area contributed by atoms with Gasteiger partial charge in [0, 0.05) is 0 Å². The summed E-state index contributed by atoms with van der Waals surface area (Å²) in [4.78, 5) is 21.4. The molecule has 1 rings (SSSR count). The van der Waals surface area contributed by atoms with Crippen LogP contribution in [0.4, 0.5) is 0 Å². The molecule has 0 radical (unpaired) electrons. The molecule has 0 aliphatic carbocycles. The zero-order valence-electron chi connectivity index (χ0n) is 8.74. The van der Waals surface area contributed by atoms with Crippen molar-refractivity contribution in [2.24, 2.45) is 5.73 Å². The van der Waals surface area contributed by atoms with Crippen molar-refractivity contribution in [1.82, 2.24) is 0 Å². The maximum absolute atomic E-state index is 10.7. The quantitative estimate of drug-likeness (QED) is 0.378. The molecule has 4 N–H and O–H groups in total. The van der Waals surface area contributed by atoms with Crippen LogP contribution in [0.1, 0.15) is 0 Å². The molecule has 0 aromatic carbocycles. The number of carboxylic acids is 2. The second-order valence-corrected chi connectivity index (χ2v) is 3.65. The number of hydrogen-bond donors (Lipinski definition) is 3. The smallest absolute Gasteiger partial charge is 0.360 e. The number of hydrogen-bond acceptors (Lipinski definition) is 3. The fourth-order valence-corrected chi connectivity index (χ4v) is 1.62. The van der Waals surface area contributed by atoms with Gasteiger partial charge in [0.15, 0.2) is 25.8 Å². The van der Waals surface area contributed by atoms with Crippen LogP contribution < -0.4 is 5.73 Å². The average Bonchev–Trinajstić information content (AvgIpc) is 2.46. The molecular formula is C9H15N3O4+2. The van der Waals surface area contributed by atoms with Crippen LogP contribution in [0.5, 0.6) is 0 Å². The number of nitrogens with two attached hydrogens (primary N) is 1. The number of quaternary nitrogens is 1. The van der Waals surface area contributed by atoms with Gasteiger partial charge in [-0.25, -0.2) is 9.59 Å². The highest BCUT2D eigenvalue weighted by atomic mass is 16.4. The number of carbonyl (C=O) groups is 2. The van der Waals surface area contributed by atoms with E-state index >= 15 is 0 Å². The molecule has 0 bridgehead atoms. The minimum atomic E-state index is -1.04. The summed E-state index contributed by atoms with van der Waals surface area (Å²) in [6, 6.07) is 0. The molecule has 7 nitrogen and oxygen atoms in total. The highest BCUT2D eigenvalue weighted by Crippen LogP contribution is 2.10. The van der Waals surface area contributed by atoms with Crippen LogP contribution in [0.25, 0.3) is 0 Å². The molecule has 1 aliphatic rings. The van der Waals surface area contributed by atoms with Gasteiger partial charge < -0.3 is 15.9 Å². The molecule has 0 saturated carbocycles. The highest BCUT2D eigenvalue weighted by Gasteiger charge is 2.38. The van der Waals surface area contributed by atoms with E-state index < -0.39 is 11.9 Å². The summed E-state index contributed by atoms with van der Waals surface area (Å²) in [6.07, 6.45) is 4.77. The summed E-state index contributed by atoms with van der Waals surface area (Å²) in [5.74, 6) is -2.09. The van der Waals surface area contributed by atoms with Gasteiger partial charge in [-0.15, -0.1) is 0 Å². The van der Waals surface area contributed by atoms with E-state index in [0.717, 1.165) is 0 Å². The number of rotatable bonds is 6. The molecule has 0 unspecified atom stereocenters. The predicted octanol–water partition coefficient (Wildman–Crippen LogP) is -1.54. The number of aliphatic carboxylic acids is 2. The minimum absolute atomic E-state index is 0.218. The lowest BCUT2D eigenvalue weighted by Gasteiger charge is -2.19. The van der Waals surface area contributed by atoms with E-state index in [1.165, 1.54) is 0 Å². The molecule has 0 fully saturated rings. The van der Waals surface area contributed by atoms with E-state index in [2.05, 4.69) is 0 Å². The third kappa shape index (κ3) is 3.14. The summed E-state index contributed by atoms with van der Waals surface area (Å²) in [5, 5.41) is 17.5. The second kappa shape index (κ2) is 4.86. The Morgan fingerprint density at radius 2 is 1.81 bits per heavy atom. The standard InChI is InChI=1S/C9H13N3O4/c10-1-2-11-3-4-12(7-11,5-8(13)14)6-9(15)16/h3-4,7H,1-2,5-6,10H2/p+2. The van der Waals surface area contributed by atoms with Crippen molar-refractivity contribution in [3.63, 3.8) is 0 Å². The van der Waals surface area contributed by atoms with Gasteiger partial charge in [0.05, 0.1) is 6.54 Å². The molecule has 0 aromatic heterocycles. The number of carboxylic acid groups (broad SMARTS) is 2. The lowest BCUT2D eigenvalue weighted by molar-refractivity contribution is -0.774. The largest absolute Gasteiger partial charge is 0.477 e. The van der Waals surface area contributed by atoms with Gasteiger partial charge >= 0.3 is 18.3 Å². The van der Waals surface area contributed by atoms with Crippen molar-refractivity contribution >= 4 is 18.3 Å². The molecule has 0 amide bonds. The Bertz CT molecular complexity index is 346. The van der Waals surface area contributed by atoms with E-state index in [4.69, 9.17) is 15.9 Å². The Kier molecular flexibility index (Phi) is 3.75. The minimum Gasteiger partial charge on any atom is -0.477 e. The molecule has 1 heterocycles. The van der Waals surface area contributed by atoms with Crippen LogP contribution in [0.2, 0.25) is 0 Å². The van der Waals surface area contributed by atoms with Gasteiger partial charge in [-0.05, 0) is 0 Å². The first-order chi connectivity index (χ1) is 7.47. The third-order valence-electron chi connectivity index (χ3n) is 2.18. The maximum atomic E-state index is 10.7. The first kappa shape index (κ1) is 12.3. The van der Waals surface area contributed by atoms with Crippen LogP contribution in [0, 0.1) is 0 Å². The van der Waals surface area contributed by atoms with Crippen molar-refractivity contribution in [2.45, 2.75) is 0 Å². The Labute approximate surface area is 92.3 Å². The second-order valence-electron chi connectivity index (χ2n) is 3.65. The molecule has 88 valence electrons. The Balaban J connectivity index is 2.86. The van der Waals surface area contributed by atoms with Crippen molar-refractivity contribution in [1.29, 1.82) is 0 Å². The van der Waals surface area contributed by atoms with Gasteiger partial charge in [-0.1, -0.05) is 0 Å². The van der Waals surface area contributed by atoms with Gasteiger partial charge in [0.2, 0.25) is 6.20 Å². The van der Waals surface area contributed by atoms with Crippen LogP contribution in [0.15, 0.2) is 12.4 Å². The van der Waals surface area contributed by atoms with Crippen LogP contribution >= 0.6 is 0 Å². The monoisotopic (exact) mass is 229 g/mol. The van der Waals surface area contributed by atoms with E-state index in [9.17, 15) is 9.59 Å². The summed E-state index contributed by atoms with van der Waals surface area (Å²) in [5.41, 5.74) is 5.36. The fraction of sp³-hybridized carbons (Fsp3) is 0.444. The topological polar surface area (TPSA) is 104 Å². The van der Waals surface area contributed by atoms with Crippen LogP contribution in [0.3, 0.4) is 0 Å². The van der Waals surface area contributed by atoms with E-state index in [1.807, 2.05) is 0 Å². The maximum Gasteiger partial charge on any atom is 0.360 e. The van der Waals surface area contributed by atoms with E-state index in [-0.39, 0.29) is 17.6 Å². The third-order valence-corrected chi connectivity index (χ3v) is 2.18. The molecule has 7 heteroatoms. The van der Waals surface area contributed by atoms with Crippen molar-refractivity contribution < 1.29 is 28.9 Å². The Hall–Kier alpha value is -1.73. The van der Waals surface area contributed by atoms with Crippen molar-refractivity contribution in [3.8, 4) is 0 Å². The Morgan fingerprint density at radius 3 is 2.25 bits per heavy atom. The van der Waals surface area contributed by atoms with Crippen molar-refractivity contribution in [2.75, 3.05) is 26.2 Å². The molecule has 0 aromatic rings. The fourth-order valence-electron chi connectivity index (χ4n) is 1.62. The summed E-state index contributed by atoms with van der Waals surface area (Å²) in [6.45, 7) is 0.379. The first-order valence-electron chi connectivity index (χ1n) is 4.79. The van der Waals surface area contributed by atoms with Crippen LogP contribution in [-0.2, 0) is 9.59 Å². The molecule has 0 saturated heterocycles. The van der Waals surface area contributed by atoms with Gasteiger partial charge in [-0.2, -0.15) is 9.06 Å². The zero-order valence-corrected chi connectivity index (χ0v) is 8.74. The average molecular weight is 229 g/mol. The molecule has 0 atom stereocenters. The van der Waals surface area contributed by atoms with Gasteiger partial charge in [-0.3, -0.25) is 0 Å². The Morgan fingerprint density at radius 1 is 1.25 bits per heavy atom. The number of nitrogens with zero attached hydrogens (tertiary/aromatic N) is 2. The summed E-state index contributed by atoms with van der Waals surface area (Å²) in [7, 11) is 0. The van der Waals surface area contributed by atoms with E-state index in [1.54, 1.807) is 23.3 Å². The van der Waals surface area contributed by atoms with E-state index in [0.29, 0.717) is 13.1 Å². The molecule has 0 spiro atoms. The predicted molar refractivity (Wildman–Crippen MR) is 54.7 cm³/mol. The lowest BCUT2D eigenvalue weighted by atomic mass is 10.4. The molecule has 16 heavy (non-hydrogen) atoms. The normalized spacial score (nSPS) is 17.2. The van der Waals surface area contributed by atoms with Gasteiger partial charge in [0.1, 0.15) is 0 Å². The van der Waals surface area contributed by atoms with Crippen molar-refractivity contribution in [3.05, 3.63) is 12.4 Å². The molecule has 1 aliphatic heterocycles. The summed E-state index contributed by atoms with van der Waals surface area (Å²) >= 11 is 0.